The Balaban J connectivity index is 3.43. The summed E-state index contributed by atoms with van der Waals surface area (Å²) in [6.45, 7) is 0.924. The average Bonchev–Trinajstić information content (AvgIpc) is 2.44. The van der Waals surface area contributed by atoms with Crippen molar-refractivity contribution in [3.63, 3.8) is 0 Å². The lowest BCUT2D eigenvalue weighted by Gasteiger charge is -2.29. The van der Waals surface area contributed by atoms with Gasteiger partial charge < -0.3 is 20.1 Å². The third-order valence-corrected chi connectivity index (χ3v) is 3.55. The van der Waals surface area contributed by atoms with Crippen LogP contribution in [0.4, 0.5) is 0 Å². The van der Waals surface area contributed by atoms with E-state index in [9.17, 15) is 19.8 Å². The number of aliphatic carboxylic acids is 1. The van der Waals surface area contributed by atoms with E-state index in [0.717, 1.165) is 0 Å². The number of carboxylic acid groups (broad SMARTS) is 1. The Bertz CT molecular complexity index is 518. The Morgan fingerprint density at radius 2 is 2.10 bits per heavy atom. The molecule has 0 aliphatic rings. The molecule has 21 heavy (non-hydrogen) atoms. The van der Waals surface area contributed by atoms with Crippen LogP contribution in [0, 0.1) is 0 Å². The minimum Gasteiger partial charge on any atom is -0.480 e. The number of hydrogen-bond acceptors (Lipinski definition) is 5. The highest BCUT2D eigenvalue weighted by Gasteiger charge is 2.50. The van der Waals surface area contributed by atoms with Crippen LogP contribution in [0.15, 0.2) is 28.7 Å². The summed E-state index contributed by atoms with van der Waals surface area (Å²) in [6, 6.07) is 6.22. The van der Waals surface area contributed by atoms with Gasteiger partial charge in [0.25, 0.3) is 0 Å². The van der Waals surface area contributed by atoms with Crippen LogP contribution in [0.1, 0.15) is 18.9 Å². The first-order valence-corrected chi connectivity index (χ1v) is 7.13. The second kappa shape index (κ2) is 7.53. The first-order valence-electron chi connectivity index (χ1n) is 6.34. The zero-order chi connectivity index (χ0) is 16.0. The SMILES string of the molecule is CCOC(=O)C(CC(O)CO)(C(=O)O)c1cccc(Br)c1. The number of carbonyl (C=O) groups is 2. The highest BCUT2D eigenvalue weighted by atomic mass is 79.9. The molecule has 0 saturated carbocycles. The first-order chi connectivity index (χ1) is 9.88. The van der Waals surface area contributed by atoms with Gasteiger partial charge in [-0.15, -0.1) is 0 Å². The molecular weight excluding hydrogens is 344 g/mol. The van der Waals surface area contributed by atoms with Gasteiger partial charge >= 0.3 is 11.9 Å². The van der Waals surface area contributed by atoms with E-state index in [2.05, 4.69) is 15.9 Å². The Morgan fingerprint density at radius 1 is 1.43 bits per heavy atom. The van der Waals surface area contributed by atoms with E-state index in [-0.39, 0.29) is 12.2 Å². The molecule has 1 aromatic rings. The molecule has 116 valence electrons. The van der Waals surface area contributed by atoms with Crippen LogP contribution in [0.25, 0.3) is 0 Å². The second-order valence-electron chi connectivity index (χ2n) is 4.48. The summed E-state index contributed by atoms with van der Waals surface area (Å²) in [5, 5.41) is 28.2. The highest BCUT2D eigenvalue weighted by Crippen LogP contribution is 2.33. The van der Waals surface area contributed by atoms with Crippen molar-refractivity contribution in [3.05, 3.63) is 34.3 Å². The van der Waals surface area contributed by atoms with Crippen LogP contribution in [-0.2, 0) is 19.7 Å². The molecule has 2 unspecified atom stereocenters. The maximum atomic E-state index is 12.3. The van der Waals surface area contributed by atoms with E-state index in [1.54, 1.807) is 19.1 Å². The molecule has 0 spiro atoms. The first kappa shape index (κ1) is 17.6. The molecule has 0 aromatic heterocycles. The van der Waals surface area contributed by atoms with Gasteiger partial charge in [-0.1, -0.05) is 28.1 Å². The van der Waals surface area contributed by atoms with E-state index >= 15 is 0 Å². The van der Waals surface area contributed by atoms with Gasteiger partial charge in [-0.2, -0.15) is 0 Å². The molecule has 1 aromatic carbocycles. The Kier molecular flexibility index (Phi) is 6.32. The van der Waals surface area contributed by atoms with Crippen molar-refractivity contribution in [2.75, 3.05) is 13.2 Å². The van der Waals surface area contributed by atoms with E-state index < -0.39 is 36.5 Å². The van der Waals surface area contributed by atoms with E-state index in [0.29, 0.717) is 4.47 Å². The number of carboxylic acids is 1. The minimum atomic E-state index is -2.07. The van der Waals surface area contributed by atoms with E-state index in [1.165, 1.54) is 12.1 Å². The lowest BCUT2D eigenvalue weighted by molar-refractivity contribution is -0.163. The minimum absolute atomic E-state index is 0.0110. The molecule has 0 aliphatic heterocycles. The van der Waals surface area contributed by atoms with Crippen LogP contribution in [0.2, 0.25) is 0 Å². The molecule has 0 heterocycles. The van der Waals surface area contributed by atoms with Gasteiger partial charge in [-0.25, -0.2) is 0 Å². The molecule has 0 radical (unpaired) electrons. The largest absolute Gasteiger partial charge is 0.480 e. The summed E-state index contributed by atoms with van der Waals surface area (Å²) in [6.07, 6.45) is -1.84. The number of benzene rings is 1. The maximum Gasteiger partial charge on any atom is 0.328 e. The van der Waals surface area contributed by atoms with Crippen LogP contribution < -0.4 is 0 Å². The standard InChI is InChI=1S/C14H17BrO6/c1-2-21-13(20)14(12(18)19,7-11(17)8-16)9-4-3-5-10(15)6-9/h3-6,11,16-17H,2,7-8H2,1H3,(H,18,19). The summed E-state index contributed by atoms with van der Waals surface area (Å²) in [4.78, 5) is 24.1. The number of esters is 1. The Hall–Kier alpha value is -1.44. The second-order valence-corrected chi connectivity index (χ2v) is 5.40. The predicted molar refractivity (Wildman–Crippen MR) is 77.8 cm³/mol. The van der Waals surface area contributed by atoms with Crippen molar-refractivity contribution in [1.29, 1.82) is 0 Å². The van der Waals surface area contributed by atoms with Gasteiger partial charge in [0, 0.05) is 10.9 Å². The van der Waals surface area contributed by atoms with Gasteiger partial charge in [-0.05, 0) is 24.6 Å². The molecule has 6 nitrogen and oxygen atoms in total. The van der Waals surface area contributed by atoms with Gasteiger partial charge in [0.15, 0.2) is 5.41 Å². The zero-order valence-corrected chi connectivity index (χ0v) is 13.0. The maximum absolute atomic E-state index is 12.3. The van der Waals surface area contributed by atoms with Gasteiger partial charge in [0.2, 0.25) is 0 Å². The smallest absolute Gasteiger partial charge is 0.328 e. The van der Waals surface area contributed by atoms with Crippen LogP contribution in [-0.4, -0.2) is 46.6 Å². The van der Waals surface area contributed by atoms with Crippen LogP contribution in [0.5, 0.6) is 0 Å². The van der Waals surface area contributed by atoms with Crippen LogP contribution >= 0.6 is 15.9 Å². The molecule has 0 saturated heterocycles. The summed E-state index contributed by atoms with van der Waals surface area (Å²) in [7, 11) is 0. The normalized spacial score (nSPS) is 15.0. The fourth-order valence-electron chi connectivity index (χ4n) is 2.04. The fourth-order valence-corrected chi connectivity index (χ4v) is 2.44. The van der Waals surface area contributed by atoms with Crippen LogP contribution in [0.3, 0.4) is 0 Å². The number of aliphatic hydroxyl groups is 2. The van der Waals surface area contributed by atoms with Crippen molar-refractivity contribution < 1.29 is 29.6 Å². The van der Waals surface area contributed by atoms with Gasteiger partial charge in [0.05, 0.1) is 19.3 Å². The van der Waals surface area contributed by atoms with Crippen molar-refractivity contribution in [3.8, 4) is 0 Å². The summed E-state index contributed by atoms with van der Waals surface area (Å²) in [5.41, 5.74) is -1.89. The quantitative estimate of drug-likeness (QED) is 0.496. The lowest BCUT2D eigenvalue weighted by atomic mass is 9.76. The van der Waals surface area contributed by atoms with E-state index in [4.69, 9.17) is 9.84 Å². The summed E-state index contributed by atoms with van der Waals surface area (Å²) in [5.74, 6) is -2.41. The highest BCUT2D eigenvalue weighted by molar-refractivity contribution is 9.10. The van der Waals surface area contributed by atoms with Gasteiger partial charge in [0.1, 0.15) is 0 Å². The fraction of sp³-hybridized carbons (Fsp3) is 0.429. The van der Waals surface area contributed by atoms with Crippen molar-refractivity contribution in [1.82, 2.24) is 0 Å². The molecule has 0 amide bonds. The number of hydrogen-bond donors (Lipinski definition) is 3. The average molecular weight is 361 g/mol. The predicted octanol–water partition coefficient (Wildman–Crippen LogP) is 1.08. The topological polar surface area (TPSA) is 104 Å². The number of halogens is 1. The molecule has 1 rings (SSSR count). The van der Waals surface area contributed by atoms with Crippen molar-refractivity contribution in [2.24, 2.45) is 0 Å². The van der Waals surface area contributed by atoms with Crippen molar-refractivity contribution >= 4 is 27.9 Å². The molecule has 0 fully saturated rings. The molecular formula is C14H17BrO6. The number of ether oxygens (including phenoxy) is 1. The summed E-state index contributed by atoms with van der Waals surface area (Å²) >= 11 is 3.22. The third kappa shape index (κ3) is 3.81. The Morgan fingerprint density at radius 3 is 2.57 bits per heavy atom. The molecule has 2 atom stereocenters. The molecule has 0 aliphatic carbocycles. The molecule has 0 bridgehead atoms. The number of rotatable bonds is 7. The number of carbonyl (C=O) groups excluding carboxylic acids is 1. The number of aliphatic hydroxyl groups excluding tert-OH is 2. The van der Waals surface area contributed by atoms with Crippen molar-refractivity contribution in [2.45, 2.75) is 24.9 Å². The van der Waals surface area contributed by atoms with E-state index in [1.807, 2.05) is 0 Å². The van der Waals surface area contributed by atoms with Gasteiger partial charge in [-0.3, -0.25) is 9.59 Å². The monoisotopic (exact) mass is 360 g/mol. The Labute approximate surface area is 130 Å². The molecule has 7 heteroatoms. The zero-order valence-electron chi connectivity index (χ0n) is 11.5. The summed E-state index contributed by atoms with van der Waals surface area (Å²) < 4.78 is 5.47. The third-order valence-electron chi connectivity index (χ3n) is 3.06. The lowest BCUT2D eigenvalue weighted by Crippen LogP contribution is -2.48. The molecule has 3 N–H and O–H groups in total.